The molecule has 8 nitrogen and oxygen atoms in total. The van der Waals surface area contributed by atoms with Gasteiger partial charge in [0, 0.05) is 10.9 Å². The maximum atomic E-state index is 12.3. The van der Waals surface area contributed by atoms with E-state index in [1.165, 1.54) is 11.3 Å². The zero-order valence-electron chi connectivity index (χ0n) is 15.5. The molecule has 0 radical (unpaired) electrons. The Bertz CT molecular complexity index is 859. The first kappa shape index (κ1) is 19.0. The average molecular weight is 391 g/mol. The number of aromatic nitrogens is 1. The first-order valence-electron chi connectivity index (χ1n) is 8.37. The largest absolute Gasteiger partial charge is 0.454 e. The van der Waals surface area contributed by atoms with E-state index in [0.717, 1.165) is 5.56 Å². The van der Waals surface area contributed by atoms with Crippen LogP contribution >= 0.6 is 11.3 Å². The van der Waals surface area contributed by atoms with E-state index in [1.54, 1.807) is 27.7 Å². The monoisotopic (exact) mass is 391 g/mol. The Morgan fingerprint density at radius 2 is 2.00 bits per heavy atom. The molecule has 3 rings (SSSR count). The molecule has 0 spiro atoms. The van der Waals surface area contributed by atoms with Crippen LogP contribution in [0.3, 0.4) is 0 Å². The van der Waals surface area contributed by atoms with E-state index in [-0.39, 0.29) is 12.7 Å². The summed E-state index contributed by atoms with van der Waals surface area (Å²) in [6.45, 7) is 7.05. The second kappa shape index (κ2) is 7.43. The molecular weight excluding hydrogens is 370 g/mol. The third-order valence-corrected chi connectivity index (χ3v) is 4.29. The third kappa shape index (κ3) is 4.88. The van der Waals surface area contributed by atoms with Crippen molar-refractivity contribution in [2.75, 3.05) is 12.1 Å². The van der Waals surface area contributed by atoms with Crippen molar-refractivity contribution in [3.05, 3.63) is 23.6 Å². The summed E-state index contributed by atoms with van der Waals surface area (Å²) in [5.41, 5.74) is 0.937. The molecule has 1 unspecified atom stereocenters. The lowest BCUT2D eigenvalue weighted by Crippen LogP contribution is -2.43. The SMILES string of the molecule is CC(NC(=O)OC(C)(C)C)C(=O)Nc1nc(-c2ccc3c(c2)OCO3)cs1. The lowest BCUT2D eigenvalue weighted by atomic mass is 10.1. The number of fused-ring (bicyclic) bond motifs is 1. The summed E-state index contributed by atoms with van der Waals surface area (Å²) >= 11 is 1.29. The normalized spacial score (nSPS) is 13.8. The minimum absolute atomic E-state index is 0.208. The van der Waals surface area contributed by atoms with Gasteiger partial charge in [-0.3, -0.25) is 4.79 Å². The summed E-state index contributed by atoms with van der Waals surface area (Å²) in [6, 6.07) is 4.77. The number of anilines is 1. The van der Waals surface area contributed by atoms with E-state index in [2.05, 4.69) is 15.6 Å². The number of nitrogens with one attached hydrogen (secondary N) is 2. The highest BCUT2D eigenvalue weighted by molar-refractivity contribution is 7.14. The first-order chi connectivity index (χ1) is 12.7. The molecule has 1 aliphatic rings. The minimum atomic E-state index is -0.766. The van der Waals surface area contributed by atoms with Gasteiger partial charge < -0.3 is 24.8 Å². The second-order valence-corrected chi connectivity index (χ2v) is 7.82. The lowest BCUT2D eigenvalue weighted by Gasteiger charge is -2.21. The molecule has 144 valence electrons. The molecule has 2 heterocycles. The Balaban J connectivity index is 1.60. The summed E-state index contributed by atoms with van der Waals surface area (Å²) in [6.07, 6.45) is -0.648. The number of amides is 2. The molecule has 1 aromatic carbocycles. The Kier molecular flexibility index (Phi) is 5.22. The molecule has 0 saturated heterocycles. The van der Waals surface area contributed by atoms with Gasteiger partial charge in [0.2, 0.25) is 12.7 Å². The number of alkyl carbamates (subject to hydrolysis) is 1. The van der Waals surface area contributed by atoms with Crippen molar-refractivity contribution in [2.24, 2.45) is 0 Å². The fourth-order valence-corrected chi connectivity index (χ4v) is 3.01. The minimum Gasteiger partial charge on any atom is -0.454 e. The van der Waals surface area contributed by atoms with Crippen molar-refractivity contribution in [1.29, 1.82) is 0 Å². The predicted octanol–water partition coefficient (Wildman–Crippen LogP) is 3.39. The van der Waals surface area contributed by atoms with Crippen molar-refractivity contribution >= 4 is 28.5 Å². The molecule has 2 aromatic rings. The van der Waals surface area contributed by atoms with Crippen LogP contribution < -0.4 is 20.1 Å². The number of ether oxygens (including phenoxy) is 3. The van der Waals surface area contributed by atoms with E-state index in [9.17, 15) is 9.59 Å². The highest BCUT2D eigenvalue weighted by atomic mass is 32.1. The van der Waals surface area contributed by atoms with Crippen LogP contribution in [0.25, 0.3) is 11.3 Å². The Morgan fingerprint density at radius 3 is 2.74 bits per heavy atom. The molecule has 0 fully saturated rings. The van der Waals surface area contributed by atoms with Gasteiger partial charge >= 0.3 is 6.09 Å². The zero-order chi connectivity index (χ0) is 19.6. The molecule has 0 saturated carbocycles. The number of nitrogens with zero attached hydrogens (tertiary/aromatic N) is 1. The first-order valence-corrected chi connectivity index (χ1v) is 9.25. The van der Waals surface area contributed by atoms with Crippen molar-refractivity contribution < 1.29 is 23.8 Å². The number of rotatable bonds is 4. The van der Waals surface area contributed by atoms with Gasteiger partial charge in [-0.2, -0.15) is 0 Å². The van der Waals surface area contributed by atoms with Crippen LogP contribution in [0, 0.1) is 0 Å². The molecular formula is C18H21N3O5S. The third-order valence-electron chi connectivity index (χ3n) is 3.53. The Morgan fingerprint density at radius 1 is 1.26 bits per heavy atom. The topological polar surface area (TPSA) is 98.8 Å². The fraction of sp³-hybridized carbons (Fsp3) is 0.389. The van der Waals surface area contributed by atoms with Gasteiger partial charge in [0.1, 0.15) is 11.6 Å². The molecule has 2 N–H and O–H groups in total. The molecule has 2 amide bonds. The summed E-state index contributed by atoms with van der Waals surface area (Å²) in [5, 5.41) is 7.46. The van der Waals surface area contributed by atoms with Crippen molar-refractivity contribution in [1.82, 2.24) is 10.3 Å². The standard InChI is InChI=1S/C18H21N3O5S/c1-10(19-17(23)26-18(2,3)4)15(22)21-16-20-12(8-27-16)11-5-6-13-14(7-11)25-9-24-13/h5-8,10H,9H2,1-4H3,(H,19,23)(H,20,21,22). The van der Waals surface area contributed by atoms with Gasteiger partial charge in [-0.05, 0) is 45.9 Å². The Hall–Kier alpha value is -2.81. The summed E-state index contributed by atoms with van der Waals surface area (Å²) in [5.74, 6) is 0.985. The highest BCUT2D eigenvalue weighted by Gasteiger charge is 2.22. The number of benzene rings is 1. The summed E-state index contributed by atoms with van der Waals surface area (Å²) in [7, 11) is 0. The smallest absolute Gasteiger partial charge is 0.408 e. The molecule has 1 aliphatic heterocycles. The Labute approximate surface area is 160 Å². The maximum absolute atomic E-state index is 12.3. The number of hydrogen-bond donors (Lipinski definition) is 2. The van der Waals surface area contributed by atoms with Gasteiger partial charge in [0.05, 0.1) is 5.69 Å². The lowest BCUT2D eigenvalue weighted by molar-refractivity contribution is -0.117. The molecule has 1 aromatic heterocycles. The van der Waals surface area contributed by atoms with Crippen LogP contribution in [-0.2, 0) is 9.53 Å². The summed E-state index contributed by atoms with van der Waals surface area (Å²) in [4.78, 5) is 28.4. The van der Waals surface area contributed by atoms with E-state index >= 15 is 0 Å². The summed E-state index contributed by atoms with van der Waals surface area (Å²) < 4.78 is 15.8. The van der Waals surface area contributed by atoms with Crippen molar-refractivity contribution in [3.63, 3.8) is 0 Å². The predicted molar refractivity (Wildman–Crippen MR) is 101 cm³/mol. The van der Waals surface area contributed by atoms with E-state index in [1.807, 2.05) is 23.6 Å². The number of hydrogen-bond acceptors (Lipinski definition) is 7. The highest BCUT2D eigenvalue weighted by Crippen LogP contribution is 2.36. The number of carbonyl (C=O) groups excluding carboxylic acids is 2. The molecule has 1 atom stereocenters. The quantitative estimate of drug-likeness (QED) is 0.829. The van der Waals surface area contributed by atoms with Crippen LogP contribution in [0.2, 0.25) is 0 Å². The maximum Gasteiger partial charge on any atom is 0.408 e. The van der Waals surface area contributed by atoms with E-state index in [4.69, 9.17) is 14.2 Å². The zero-order valence-corrected chi connectivity index (χ0v) is 16.3. The van der Waals surface area contributed by atoms with Crippen LogP contribution in [0.1, 0.15) is 27.7 Å². The van der Waals surface area contributed by atoms with Gasteiger partial charge in [-0.15, -0.1) is 11.3 Å². The van der Waals surface area contributed by atoms with Gasteiger partial charge in [-0.1, -0.05) is 0 Å². The van der Waals surface area contributed by atoms with E-state index < -0.39 is 17.7 Å². The van der Waals surface area contributed by atoms with Crippen LogP contribution in [0.15, 0.2) is 23.6 Å². The van der Waals surface area contributed by atoms with E-state index in [0.29, 0.717) is 22.3 Å². The molecule has 0 aliphatic carbocycles. The van der Waals surface area contributed by atoms with Crippen LogP contribution in [-0.4, -0.2) is 35.4 Å². The van der Waals surface area contributed by atoms with Crippen molar-refractivity contribution in [2.45, 2.75) is 39.3 Å². The second-order valence-electron chi connectivity index (χ2n) is 6.96. The molecule has 9 heteroatoms. The van der Waals surface area contributed by atoms with Crippen LogP contribution in [0.4, 0.5) is 9.93 Å². The average Bonchev–Trinajstić information content (AvgIpc) is 3.20. The van der Waals surface area contributed by atoms with Gasteiger partial charge in [0.25, 0.3) is 0 Å². The van der Waals surface area contributed by atoms with Crippen molar-refractivity contribution in [3.8, 4) is 22.8 Å². The van der Waals surface area contributed by atoms with Gasteiger partial charge in [0.15, 0.2) is 16.6 Å². The molecule has 0 bridgehead atoms. The molecule has 27 heavy (non-hydrogen) atoms. The number of thiazole rings is 1. The number of carbonyl (C=O) groups is 2. The van der Waals surface area contributed by atoms with Gasteiger partial charge in [-0.25, -0.2) is 9.78 Å². The van der Waals surface area contributed by atoms with Crippen LogP contribution in [0.5, 0.6) is 11.5 Å². The fourth-order valence-electron chi connectivity index (χ4n) is 2.28.